The fraction of sp³-hybridized carbons (Fsp3) is 0.444. The molecule has 0 aromatic heterocycles. The summed E-state index contributed by atoms with van der Waals surface area (Å²) in [4.78, 5) is 10.5. The molecule has 3 aromatic rings. The number of benzene rings is 3. The number of rotatable bonds is 7. The third-order valence-corrected chi connectivity index (χ3v) is 12.1. The molecular weight excluding hydrogens is 523 g/mol. The Bertz CT molecular complexity index is 1300. The van der Waals surface area contributed by atoms with Gasteiger partial charge in [-0.15, -0.1) is 0 Å². The van der Waals surface area contributed by atoms with Crippen LogP contribution < -0.4 is 15.9 Å². The van der Waals surface area contributed by atoms with Gasteiger partial charge >= 0.3 is 0 Å². The van der Waals surface area contributed by atoms with E-state index in [0.717, 1.165) is 22.9 Å². The van der Waals surface area contributed by atoms with Crippen LogP contribution in [0.15, 0.2) is 88.8 Å². The Balaban J connectivity index is 1.28. The first kappa shape index (κ1) is 26.9. The molecule has 0 N–H and O–H groups in total. The number of hydrogen-bond acceptors (Lipinski definition) is 4. The van der Waals surface area contributed by atoms with Gasteiger partial charge in [-0.05, 0) is 73.5 Å². The maximum absolute atomic E-state index is 6.39. The first-order valence-corrected chi connectivity index (χ1v) is 17.1. The van der Waals surface area contributed by atoms with Crippen LogP contribution >= 0.6 is 7.92 Å². The van der Waals surface area contributed by atoms with Crippen molar-refractivity contribution in [2.45, 2.75) is 76.3 Å². The molecule has 0 spiro atoms. The monoisotopic (exact) mass is 564 g/mol. The molecular formula is C36H41N2O2P. The summed E-state index contributed by atoms with van der Waals surface area (Å²) in [6.45, 7) is 1.42. The van der Waals surface area contributed by atoms with Crippen molar-refractivity contribution in [3.8, 4) is 0 Å². The van der Waals surface area contributed by atoms with Gasteiger partial charge in [0.1, 0.15) is 13.2 Å². The Kier molecular flexibility index (Phi) is 8.20. The summed E-state index contributed by atoms with van der Waals surface area (Å²) in [7, 11) is -0.899. The molecule has 4 nitrogen and oxygen atoms in total. The lowest BCUT2D eigenvalue weighted by Gasteiger charge is -2.24. The third kappa shape index (κ3) is 5.73. The molecule has 2 fully saturated rings. The maximum Gasteiger partial charge on any atom is 0.217 e. The maximum atomic E-state index is 6.39. The van der Waals surface area contributed by atoms with Crippen molar-refractivity contribution in [2.24, 2.45) is 21.8 Å². The minimum absolute atomic E-state index is 0.284. The highest BCUT2D eigenvalue weighted by Crippen LogP contribution is 2.38. The molecule has 41 heavy (non-hydrogen) atoms. The highest BCUT2D eigenvalue weighted by atomic mass is 31.1. The molecule has 0 unspecified atom stereocenters. The molecule has 5 heteroatoms. The molecule has 2 heterocycles. The van der Waals surface area contributed by atoms with Crippen molar-refractivity contribution >= 4 is 35.6 Å². The molecule has 0 amide bonds. The van der Waals surface area contributed by atoms with E-state index in [1.807, 2.05) is 0 Å². The molecule has 3 aromatic carbocycles. The Hall–Kier alpha value is -2.97. The van der Waals surface area contributed by atoms with E-state index in [0.29, 0.717) is 25.0 Å². The quantitative estimate of drug-likeness (QED) is 0.293. The van der Waals surface area contributed by atoms with E-state index in [-0.39, 0.29) is 12.1 Å². The van der Waals surface area contributed by atoms with Gasteiger partial charge in [-0.3, -0.25) is 0 Å². The van der Waals surface area contributed by atoms with Gasteiger partial charge in [0.25, 0.3) is 0 Å². The first-order chi connectivity index (χ1) is 20.3. The molecule has 212 valence electrons. The van der Waals surface area contributed by atoms with Crippen molar-refractivity contribution < 1.29 is 9.47 Å². The van der Waals surface area contributed by atoms with Gasteiger partial charge in [-0.2, -0.15) is 0 Å². The first-order valence-electron chi connectivity index (χ1n) is 15.8. The van der Waals surface area contributed by atoms with Crippen molar-refractivity contribution in [3.05, 3.63) is 90.0 Å². The van der Waals surface area contributed by atoms with Crippen LogP contribution in [-0.2, 0) is 9.47 Å². The van der Waals surface area contributed by atoms with E-state index >= 15 is 0 Å². The summed E-state index contributed by atoms with van der Waals surface area (Å²) in [6, 6.07) is 29.1. The third-order valence-electron chi connectivity index (χ3n) is 9.50. The van der Waals surface area contributed by atoms with E-state index in [2.05, 4.69) is 78.9 Å². The highest BCUT2D eigenvalue weighted by Gasteiger charge is 2.34. The second kappa shape index (κ2) is 12.5. The van der Waals surface area contributed by atoms with Gasteiger partial charge in [0.15, 0.2) is 0 Å². The fourth-order valence-corrected chi connectivity index (χ4v) is 9.86. The lowest BCUT2D eigenvalue weighted by Crippen LogP contribution is -2.28. The normalized spacial score (nSPS) is 23.6. The summed E-state index contributed by atoms with van der Waals surface area (Å²) < 4.78 is 12.8. The average Bonchev–Trinajstić information content (AvgIpc) is 3.75. The molecule has 7 rings (SSSR count). The molecule has 2 aliphatic carbocycles. The second-order valence-corrected chi connectivity index (χ2v) is 14.3. The van der Waals surface area contributed by atoms with Crippen molar-refractivity contribution in [1.82, 2.24) is 0 Å². The lowest BCUT2D eigenvalue weighted by molar-refractivity contribution is 0.240. The van der Waals surface area contributed by atoms with Crippen LogP contribution in [0.5, 0.6) is 0 Å². The van der Waals surface area contributed by atoms with E-state index in [9.17, 15) is 0 Å². The number of aliphatic imine (C=N–C) groups is 2. The molecule has 2 aliphatic heterocycles. The zero-order chi connectivity index (χ0) is 27.4. The Morgan fingerprint density at radius 2 is 0.951 bits per heavy atom. The van der Waals surface area contributed by atoms with Crippen LogP contribution in [0, 0.1) is 11.8 Å². The minimum atomic E-state index is -0.899. The highest BCUT2D eigenvalue weighted by molar-refractivity contribution is 7.80. The SMILES string of the molecule is c1ccc(P(c2ccccc2C2=N[C@H](C3CCCCC3)CO2)c2ccccc2C2=N[C@H](C3CCCCC3)CO2)cc1. The molecule has 0 saturated heterocycles. The standard InChI is InChI=1S/C36H41N2O2P/c1-4-14-26(15-5-1)31-24-39-35(37-31)29-20-10-12-22-33(29)41(28-18-8-3-9-19-28)34-23-13-11-21-30(34)36-38-32(25-40-36)27-16-6-2-7-17-27/h3,8-13,18-23,26-27,31-32H,1-2,4-7,14-17,24-25H2/t31-,32-/m0/s1. The van der Waals surface area contributed by atoms with Crippen LogP contribution in [0.4, 0.5) is 0 Å². The topological polar surface area (TPSA) is 43.2 Å². The summed E-state index contributed by atoms with van der Waals surface area (Å²) in [5.74, 6) is 2.95. The van der Waals surface area contributed by atoms with Crippen LogP contribution in [-0.4, -0.2) is 37.1 Å². The summed E-state index contributed by atoms with van der Waals surface area (Å²) >= 11 is 0. The zero-order valence-corrected chi connectivity index (χ0v) is 24.9. The van der Waals surface area contributed by atoms with Crippen LogP contribution in [0.2, 0.25) is 0 Å². The Morgan fingerprint density at radius 3 is 1.44 bits per heavy atom. The number of hydrogen-bond donors (Lipinski definition) is 0. The predicted octanol–water partition coefficient (Wildman–Crippen LogP) is 6.90. The number of ether oxygens (including phenoxy) is 2. The minimum Gasteiger partial charge on any atom is -0.475 e. The van der Waals surface area contributed by atoms with Gasteiger partial charge < -0.3 is 9.47 Å². The molecule has 2 atom stereocenters. The largest absolute Gasteiger partial charge is 0.475 e. The van der Waals surface area contributed by atoms with E-state index < -0.39 is 7.92 Å². The summed E-state index contributed by atoms with van der Waals surface area (Å²) in [5.41, 5.74) is 2.26. The predicted molar refractivity (Wildman–Crippen MR) is 171 cm³/mol. The Labute approximate surface area is 246 Å². The van der Waals surface area contributed by atoms with Crippen molar-refractivity contribution in [1.29, 1.82) is 0 Å². The van der Waals surface area contributed by atoms with Crippen LogP contribution in [0.25, 0.3) is 0 Å². The number of nitrogens with zero attached hydrogens (tertiary/aromatic N) is 2. The zero-order valence-electron chi connectivity index (χ0n) is 24.0. The van der Waals surface area contributed by atoms with Gasteiger partial charge in [0.2, 0.25) is 11.8 Å². The van der Waals surface area contributed by atoms with Gasteiger partial charge in [0, 0.05) is 11.1 Å². The molecule has 0 radical (unpaired) electrons. The van der Waals surface area contributed by atoms with Gasteiger partial charge in [0.05, 0.1) is 12.1 Å². The fourth-order valence-electron chi connectivity index (χ4n) is 7.28. The van der Waals surface area contributed by atoms with E-state index in [4.69, 9.17) is 19.5 Å². The van der Waals surface area contributed by atoms with E-state index in [1.165, 1.54) is 80.1 Å². The molecule has 4 aliphatic rings. The van der Waals surface area contributed by atoms with Gasteiger partial charge in [-0.1, -0.05) is 105 Å². The molecule has 2 saturated carbocycles. The Morgan fingerprint density at radius 1 is 0.512 bits per heavy atom. The van der Waals surface area contributed by atoms with Gasteiger partial charge in [-0.25, -0.2) is 9.98 Å². The smallest absolute Gasteiger partial charge is 0.217 e. The second-order valence-electron chi connectivity index (χ2n) is 12.1. The van der Waals surface area contributed by atoms with E-state index in [1.54, 1.807) is 0 Å². The molecule has 0 bridgehead atoms. The van der Waals surface area contributed by atoms with Crippen molar-refractivity contribution in [3.63, 3.8) is 0 Å². The van der Waals surface area contributed by atoms with Crippen molar-refractivity contribution in [2.75, 3.05) is 13.2 Å². The average molecular weight is 565 g/mol. The lowest BCUT2D eigenvalue weighted by atomic mass is 9.84. The van der Waals surface area contributed by atoms with Crippen LogP contribution in [0.1, 0.15) is 75.3 Å². The summed E-state index contributed by atoms with van der Waals surface area (Å²) in [5, 5.41) is 3.88. The summed E-state index contributed by atoms with van der Waals surface area (Å²) in [6.07, 6.45) is 13.1. The van der Waals surface area contributed by atoms with Crippen LogP contribution in [0.3, 0.4) is 0 Å².